The van der Waals surface area contributed by atoms with Crippen LogP contribution in [0.1, 0.15) is 128 Å². The maximum absolute atomic E-state index is 13.3. The van der Waals surface area contributed by atoms with E-state index in [1.807, 2.05) is 0 Å². The summed E-state index contributed by atoms with van der Waals surface area (Å²) in [6.45, 7) is 3.01. The van der Waals surface area contributed by atoms with Gasteiger partial charge in [-0.1, -0.05) is 124 Å². The Balaban J connectivity index is -0.00000104. The highest BCUT2D eigenvalue weighted by Gasteiger charge is 2.35. The number of methoxy groups -OCH3 is 2. The summed E-state index contributed by atoms with van der Waals surface area (Å²) >= 11 is 0. The van der Waals surface area contributed by atoms with Crippen LogP contribution in [0.15, 0.2) is 41.3 Å². The second-order valence-electron chi connectivity index (χ2n) is 12.9. The minimum atomic E-state index is -4.13. The van der Waals surface area contributed by atoms with Crippen molar-refractivity contribution in [2.45, 2.75) is 144 Å². The molecule has 2 aromatic rings. The van der Waals surface area contributed by atoms with Gasteiger partial charge in [-0.15, -0.1) is 0 Å². The van der Waals surface area contributed by atoms with E-state index in [9.17, 15) is 22.8 Å². The van der Waals surface area contributed by atoms with Gasteiger partial charge in [0.2, 0.25) is 5.91 Å². The lowest BCUT2D eigenvalue weighted by molar-refractivity contribution is -0.136. The van der Waals surface area contributed by atoms with Crippen LogP contribution in [0.4, 0.5) is 5.69 Å². The molecule has 0 aromatic heterocycles. The molecule has 0 bridgehead atoms. The van der Waals surface area contributed by atoms with E-state index in [4.69, 9.17) is 13.7 Å². The lowest BCUT2D eigenvalue weighted by atomic mass is 9.81. The summed E-state index contributed by atoms with van der Waals surface area (Å²) in [5.74, 6) is -0.481. The lowest BCUT2D eigenvalue weighted by Gasteiger charge is -2.29. The molecule has 4 rings (SSSR count). The monoisotopic (exact) mass is 725 g/mol. The second-order valence-corrected chi connectivity index (χ2v) is 14.5. The maximum Gasteiger partial charge on any atom is 0.299 e. The molecule has 1 amide bonds. The molecule has 0 heterocycles. The first-order chi connectivity index (χ1) is 22.0. The summed E-state index contributed by atoms with van der Waals surface area (Å²) in [5, 5.41) is 3.80. The number of anilines is 1. The van der Waals surface area contributed by atoms with Gasteiger partial charge in [0.15, 0.2) is 0 Å². The topological polar surface area (TPSA) is 125 Å². The molecule has 2 fully saturated rings. The van der Waals surface area contributed by atoms with Crippen LogP contribution in [0.3, 0.4) is 0 Å². The number of carbonyl (C=O) groups excluding carboxylic acids is 3. The molecule has 2 aliphatic rings. The summed E-state index contributed by atoms with van der Waals surface area (Å²) < 4.78 is 41.1. The van der Waals surface area contributed by atoms with E-state index < -0.39 is 28.0 Å². The first kappa shape index (κ1) is 49.5. The number of fused-ring (bicyclic) bond motifs is 1. The molecule has 3 unspecified atom stereocenters. The molecular weight excluding hydrogens is 655 g/mol. The molecule has 0 radical (unpaired) electrons. The molecule has 2 aliphatic carbocycles. The Labute approximate surface area is 306 Å². The predicted octanol–water partition coefficient (Wildman–Crippen LogP) is 10.0. The van der Waals surface area contributed by atoms with Crippen LogP contribution in [0.5, 0.6) is 0 Å². The highest BCUT2D eigenvalue weighted by molar-refractivity contribution is 7.87. The fourth-order valence-corrected chi connectivity index (χ4v) is 8.03. The molecule has 2 saturated carbocycles. The van der Waals surface area contributed by atoms with Crippen molar-refractivity contribution in [1.29, 1.82) is 0 Å². The highest BCUT2D eigenvalue weighted by atomic mass is 32.2. The SMILES string of the molecule is C.C.C.C.COC(CC(C)=O)CC1CCCCC1.COC(CC1CCCCC1)C(C(C)=O)C(=O)Nc1ccc2ccccc2c1S(=O)(=O)OC.[HH]. The number of ether oxygens (including phenoxy) is 2. The Kier molecular flexibility index (Phi) is 24.2. The van der Waals surface area contributed by atoms with Gasteiger partial charge in [-0.2, -0.15) is 8.42 Å². The van der Waals surface area contributed by atoms with E-state index in [0.717, 1.165) is 45.1 Å². The first-order valence-electron chi connectivity index (χ1n) is 16.7. The van der Waals surface area contributed by atoms with E-state index in [-0.39, 0.29) is 59.4 Å². The molecule has 0 spiro atoms. The van der Waals surface area contributed by atoms with Crippen molar-refractivity contribution >= 4 is 44.1 Å². The summed E-state index contributed by atoms with van der Waals surface area (Å²) in [5.41, 5.74) is 0.0781. The van der Waals surface area contributed by atoms with Crippen LogP contribution in [-0.2, 0) is 38.2 Å². The first-order valence-corrected chi connectivity index (χ1v) is 18.1. The Bertz CT molecular complexity index is 1400. The van der Waals surface area contributed by atoms with Crippen LogP contribution in [0, 0.1) is 17.8 Å². The fourth-order valence-electron chi connectivity index (χ4n) is 7.02. The van der Waals surface area contributed by atoms with Crippen molar-refractivity contribution in [3.63, 3.8) is 0 Å². The molecule has 0 aliphatic heterocycles. The summed E-state index contributed by atoms with van der Waals surface area (Å²) in [6, 6.07) is 10.2. The van der Waals surface area contributed by atoms with E-state index in [0.29, 0.717) is 29.5 Å². The highest BCUT2D eigenvalue weighted by Crippen LogP contribution is 2.34. The second kappa shape index (κ2) is 24.5. The quantitative estimate of drug-likeness (QED) is 0.151. The van der Waals surface area contributed by atoms with Gasteiger partial charge in [0.05, 0.1) is 25.0 Å². The average molecular weight is 726 g/mol. The van der Waals surface area contributed by atoms with Gasteiger partial charge in [0, 0.05) is 27.5 Å². The van der Waals surface area contributed by atoms with E-state index in [1.54, 1.807) is 44.4 Å². The lowest BCUT2D eigenvalue weighted by Crippen LogP contribution is -2.40. The van der Waals surface area contributed by atoms with Crippen LogP contribution in [0.25, 0.3) is 10.8 Å². The summed E-state index contributed by atoms with van der Waals surface area (Å²) in [6.07, 6.45) is 14.3. The van der Waals surface area contributed by atoms with Gasteiger partial charge in [-0.3, -0.25) is 18.6 Å². The Morgan fingerprint density at radius 2 is 1.32 bits per heavy atom. The Morgan fingerprint density at radius 3 is 1.80 bits per heavy atom. The number of amides is 1. The number of Topliss-reactive ketones (excluding diaryl/α,β-unsaturated/α-hetero) is 2. The van der Waals surface area contributed by atoms with Crippen molar-refractivity contribution in [3.05, 3.63) is 36.4 Å². The average Bonchev–Trinajstić information content (AvgIpc) is 3.04. The van der Waals surface area contributed by atoms with Crippen molar-refractivity contribution in [3.8, 4) is 0 Å². The van der Waals surface area contributed by atoms with Crippen LogP contribution < -0.4 is 5.32 Å². The van der Waals surface area contributed by atoms with Crippen molar-refractivity contribution in [2.24, 2.45) is 17.8 Å². The molecule has 290 valence electrons. The zero-order valence-corrected chi connectivity index (χ0v) is 29.0. The van der Waals surface area contributed by atoms with Gasteiger partial charge in [-0.25, -0.2) is 0 Å². The molecule has 2 aromatic carbocycles. The maximum atomic E-state index is 13.3. The van der Waals surface area contributed by atoms with Crippen LogP contribution in [-0.4, -0.2) is 59.4 Å². The standard InChI is InChI=1S/C24H31NO6S.C12H22O2.4CH4.H2/c1-16(26)22(21(30-2)15-17-9-5-4-6-10-17)24(27)25-20-14-13-18-11-7-8-12-19(18)23(20)32(28,29)31-3;1-10(13)8-12(14-2)9-11-6-4-3-5-7-11;;;;;/h7-8,11-14,17,21-22H,4-6,9-10,15H2,1-3H3,(H,25,27);11-12H,3-9H2,1-2H3;4*1H4;1H. The minimum Gasteiger partial charge on any atom is -0.381 e. The van der Waals surface area contributed by atoms with Crippen LogP contribution in [0.2, 0.25) is 0 Å². The molecule has 50 heavy (non-hydrogen) atoms. The number of hydrogen-bond donors (Lipinski definition) is 1. The number of hydrogen-bond acceptors (Lipinski definition) is 8. The van der Waals surface area contributed by atoms with Gasteiger partial charge in [0.1, 0.15) is 22.4 Å². The van der Waals surface area contributed by atoms with Crippen molar-refractivity contribution < 1.29 is 37.9 Å². The van der Waals surface area contributed by atoms with E-state index in [2.05, 4.69) is 5.32 Å². The largest absolute Gasteiger partial charge is 0.381 e. The molecule has 1 N–H and O–H groups in total. The molecular formula is C40H71NO8S. The molecule has 10 heteroatoms. The van der Waals surface area contributed by atoms with Gasteiger partial charge < -0.3 is 14.8 Å². The number of carbonyl (C=O) groups is 3. The Hall–Kier alpha value is -2.66. The Morgan fingerprint density at radius 1 is 0.780 bits per heavy atom. The van der Waals surface area contributed by atoms with Crippen molar-refractivity contribution in [1.82, 2.24) is 0 Å². The zero-order valence-electron chi connectivity index (χ0n) is 28.2. The number of benzene rings is 2. The summed E-state index contributed by atoms with van der Waals surface area (Å²) in [4.78, 5) is 36.6. The summed E-state index contributed by atoms with van der Waals surface area (Å²) in [7, 11) is 0.175. The molecule has 9 nitrogen and oxygen atoms in total. The number of ketones is 2. The molecule has 3 atom stereocenters. The zero-order chi connectivity index (χ0) is 33.7. The number of rotatable bonds is 14. The third-order valence-corrected chi connectivity index (χ3v) is 10.8. The van der Waals surface area contributed by atoms with Crippen LogP contribution >= 0.6 is 0 Å². The number of nitrogens with one attached hydrogen (secondary N) is 1. The third-order valence-electron chi connectivity index (χ3n) is 9.46. The third kappa shape index (κ3) is 14.5. The predicted molar refractivity (Wildman–Crippen MR) is 209 cm³/mol. The van der Waals surface area contributed by atoms with Crippen molar-refractivity contribution in [2.75, 3.05) is 26.6 Å². The fraction of sp³-hybridized carbons (Fsp3) is 0.675. The van der Waals surface area contributed by atoms with Gasteiger partial charge >= 0.3 is 0 Å². The minimum absolute atomic E-state index is 0. The van der Waals surface area contributed by atoms with E-state index in [1.165, 1.54) is 58.6 Å². The normalized spacial score (nSPS) is 16.7. The van der Waals surface area contributed by atoms with Gasteiger partial charge in [0.25, 0.3) is 10.1 Å². The molecule has 0 saturated heterocycles. The van der Waals surface area contributed by atoms with E-state index >= 15 is 0 Å². The smallest absolute Gasteiger partial charge is 0.299 e. The van der Waals surface area contributed by atoms with Gasteiger partial charge in [-0.05, 0) is 50.0 Å².